The Labute approximate surface area is 103 Å². The molecule has 0 unspecified atom stereocenters. The molecule has 0 heterocycles. The lowest BCUT2D eigenvalue weighted by molar-refractivity contribution is -0.385. The van der Waals surface area contributed by atoms with Crippen LogP contribution in [0, 0.1) is 10.1 Å². The Kier molecular flexibility index (Phi) is 3.72. The predicted octanol–water partition coefficient (Wildman–Crippen LogP) is 2.48. The molecule has 0 N–H and O–H groups in total. The van der Waals surface area contributed by atoms with Crippen LogP contribution in [0.1, 0.15) is 0 Å². The summed E-state index contributed by atoms with van der Waals surface area (Å²) in [4.78, 5) is 9.38. The second-order valence-corrected chi connectivity index (χ2v) is 4.83. The van der Waals surface area contributed by atoms with Gasteiger partial charge >= 0.3 is 21.3 Å². The van der Waals surface area contributed by atoms with Gasteiger partial charge in [-0.3, -0.25) is 10.1 Å². The molecule has 0 atom stereocenters. The van der Waals surface area contributed by atoms with Crippen molar-refractivity contribution in [2.24, 2.45) is 0 Å². The van der Waals surface area contributed by atoms with E-state index < -0.39 is 32.0 Å². The van der Waals surface area contributed by atoms with Gasteiger partial charge in [-0.1, -0.05) is 11.6 Å². The number of nitro benzene ring substituents is 1. The third-order valence-electron chi connectivity index (χ3n) is 1.60. The summed E-state index contributed by atoms with van der Waals surface area (Å²) in [7, 11) is -5.97. The summed E-state index contributed by atoms with van der Waals surface area (Å²) in [5.41, 5.74) is -6.67. The van der Waals surface area contributed by atoms with Crippen molar-refractivity contribution in [1.29, 1.82) is 0 Å². The van der Waals surface area contributed by atoms with Crippen LogP contribution in [-0.2, 0) is 10.1 Å². The lowest BCUT2D eigenvalue weighted by Gasteiger charge is -2.09. The first-order valence-corrected chi connectivity index (χ1v) is 5.78. The van der Waals surface area contributed by atoms with Gasteiger partial charge in [-0.15, -0.1) is 0 Å². The largest absolute Gasteiger partial charge is 0.534 e. The topological polar surface area (TPSA) is 86.5 Å². The van der Waals surface area contributed by atoms with Gasteiger partial charge in [-0.25, -0.2) is 0 Å². The molecule has 0 radical (unpaired) electrons. The highest BCUT2D eigenvalue weighted by atomic mass is 35.5. The van der Waals surface area contributed by atoms with Gasteiger partial charge in [-0.05, 0) is 12.1 Å². The van der Waals surface area contributed by atoms with Crippen molar-refractivity contribution < 1.29 is 30.7 Å². The Morgan fingerprint density at radius 1 is 1.33 bits per heavy atom. The molecule has 100 valence electrons. The first-order chi connectivity index (χ1) is 8.04. The van der Waals surface area contributed by atoms with Gasteiger partial charge in [0.15, 0.2) is 0 Å². The molecular formula is C7H3ClF3NO5S. The zero-order valence-corrected chi connectivity index (χ0v) is 9.71. The minimum absolute atomic E-state index is 0.154. The van der Waals surface area contributed by atoms with E-state index >= 15 is 0 Å². The van der Waals surface area contributed by atoms with Crippen molar-refractivity contribution >= 4 is 27.4 Å². The summed E-state index contributed by atoms with van der Waals surface area (Å²) in [6, 6.07) is 2.28. The van der Waals surface area contributed by atoms with Crippen LogP contribution in [0.25, 0.3) is 0 Å². The predicted molar refractivity (Wildman–Crippen MR) is 53.7 cm³/mol. The zero-order chi connectivity index (χ0) is 14.1. The average molecular weight is 306 g/mol. The van der Waals surface area contributed by atoms with E-state index in [1.807, 2.05) is 0 Å². The van der Waals surface area contributed by atoms with Gasteiger partial charge in [0.25, 0.3) is 0 Å². The first kappa shape index (κ1) is 14.5. The first-order valence-electron chi connectivity index (χ1n) is 3.99. The Morgan fingerprint density at radius 3 is 2.33 bits per heavy atom. The fourth-order valence-corrected chi connectivity index (χ4v) is 1.51. The number of rotatable bonds is 3. The molecule has 0 aliphatic rings. The van der Waals surface area contributed by atoms with Crippen LogP contribution in [0.5, 0.6) is 5.75 Å². The summed E-state index contributed by atoms with van der Waals surface area (Å²) in [6.07, 6.45) is 0. The van der Waals surface area contributed by atoms with Crippen molar-refractivity contribution in [2.45, 2.75) is 5.51 Å². The Hall–Kier alpha value is -1.55. The van der Waals surface area contributed by atoms with E-state index in [1.54, 1.807) is 0 Å². The van der Waals surface area contributed by atoms with E-state index in [0.29, 0.717) is 12.1 Å². The van der Waals surface area contributed by atoms with Gasteiger partial charge in [0.2, 0.25) is 5.75 Å². The zero-order valence-electron chi connectivity index (χ0n) is 8.14. The third-order valence-corrected chi connectivity index (χ3v) is 2.80. The fraction of sp³-hybridized carbons (Fsp3) is 0.143. The van der Waals surface area contributed by atoms with Crippen LogP contribution >= 0.6 is 11.6 Å². The fourth-order valence-electron chi connectivity index (χ4n) is 0.869. The molecule has 0 fully saturated rings. The summed E-state index contributed by atoms with van der Waals surface area (Å²) in [6.45, 7) is 0. The van der Waals surface area contributed by atoms with Gasteiger partial charge in [0.1, 0.15) is 0 Å². The minimum Gasteiger partial charge on any atom is -0.369 e. The van der Waals surface area contributed by atoms with E-state index in [2.05, 4.69) is 4.18 Å². The molecule has 6 nitrogen and oxygen atoms in total. The Morgan fingerprint density at radius 2 is 1.89 bits per heavy atom. The van der Waals surface area contributed by atoms with Gasteiger partial charge in [0.05, 0.1) is 4.92 Å². The molecule has 0 aliphatic heterocycles. The molecule has 0 amide bonds. The van der Waals surface area contributed by atoms with Crippen molar-refractivity contribution in [3.8, 4) is 5.75 Å². The van der Waals surface area contributed by atoms with Crippen LogP contribution < -0.4 is 4.18 Å². The molecule has 1 aromatic rings. The van der Waals surface area contributed by atoms with Crippen LogP contribution in [-0.4, -0.2) is 18.8 Å². The number of halogens is 4. The summed E-state index contributed by atoms with van der Waals surface area (Å²) >= 11 is 5.39. The van der Waals surface area contributed by atoms with Crippen molar-refractivity contribution in [1.82, 2.24) is 0 Å². The lowest BCUT2D eigenvalue weighted by atomic mass is 10.3. The van der Waals surface area contributed by atoms with E-state index in [-0.39, 0.29) is 5.02 Å². The number of alkyl halides is 3. The molecule has 0 aromatic heterocycles. The number of nitro groups is 1. The quantitative estimate of drug-likeness (QED) is 0.370. The van der Waals surface area contributed by atoms with Gasteiger partial charge in [0, 0.05) is 11.1 Å². The molecule has 0 aliphatic carbocycles. The lowest BCUT2D eigenvalue weighted by Crippen LogP contribution is -2.28. The van der Waals surface area contributed by atoms with Crippen LogP contribution in [0.3, 0.4) is 0 Å². The second kappa shape index (κ2) is 4.61. The number of hydrogen-bond donors (Lipinski definition) is 0. The van der Waals surface area contributed by atoms with E-state index in [9.17, 15) is 31.7 Å². The van der Waals surface area contributed by atoms with Crippen molar-refractivity contribution in [3.63, 3.8) is 0 Å². The maximum Gasteiger partial charge on any atom is 0.534 e. The second-order valence-electron chi connectivity index (χ2n) is 2.85. The number of hydrogen-bond acceptors (Lipinski definition) is 5. The summed E-state index contributed by atoms with van der Waals surface area (Å²) in [5, 5.41) is 10.3. The summed E-state index contributed by atoms with van der Waals surface area (Å²) < 4.78 is 61.1. The molecule has 0 saturated heterocycles. The highest BCUT2D eigenvalue weighted by molar-refractivity contribution is 7.88. The molecule has 1 aromatic carbocycles. The van der Waals surface area contributed by atoms with E-state index in [1.165, 1.54) is 0 Å². The van der Waals surface area contributed by atoms with Crippen molar-refractivity contribution in [2.75, 3.05) is 0 Å². The summed E-state index contributed by atoms with van der Waals surface area (Å²) in [5.74, 6) is -1.07. The van der Waals surface area contributed by atoms with Crippen LogP contribution in [0.15, 0.2) is 18.2 Å². The molecular weight excluding hydrogens is 303 g/mol. The Balaban J connectivity index is 3.25. The SMILES string of the molecule is O=[N+]([O-])c1cc(Cl)ccc1OS(=O)(=O)C(F)(F)F. The monoisotopic (exact) mass is 305 g/mol. The van der Waals surface area contributed by atoms with Crippen molar-refractivity contribution in [3.05, 3.63) is 33.3 Å². The highest BCUT2D eigenvalue weighted by Crippen LogP contribution is 2.34. The maximum absolute atomic E-state index is 12.0. The number of benzene rings is 1. The maximum atomic E-state index is 12.0. The highest BCUT2D eigenvalue weighted by Gasteiger charge is 2.49. The smallest absolute Gasteiger partial charge is 0.369 e. The third kappa shape index (κ3) is 3.01. The molecule has 0 spiro atoms. The van der Waals surface area contributed by atoms with Gasteiger partial charge in [-0.2, -0.15) is 21.6 Å². The van der Waals surface area contributed by atoms with E-state index in [0.717, 1.165) is 6.07 Å². The van der Waals surface area contributed by atoms with Crippen LogP contribution in [0.2, 0.25) is 5.02 Å². The normalized spacial score (nSPS) is 12.2. The number of nitrogens with zero attached hydrogens (tertiary/aromatic N) is 1. The molecule has 1 rings (SSSR count). The van der Waals surface area contributed by atoms with Crippen LogP contribution in [0.4, 0.5) is 18.9 Å². The van der Waals surface area contributed by atoms with Gasteiger partial charge < -0.3 is 4.18 Å². The van der Waals surface area contributed by atoms with E-state index in [4.69, 9.17) is 11.6 Å². The standard InChI is InChI=1S/C7H3ClF3NO5S/c8-4-1-2-6(5(3-4)12(13)14)17-18(15,16)7(9,10)11/h1-3H. The molecule has 0 bridgehead atoms. The average Bonchev–Trinajstić information content (AvgIpc) is 2.18. The molecule has 18 heavy (non-hydrogen) atoms. The minimum atomic E-state index is -5.97. The molecule has 11 heteroatoms. The molecule has 0 saturated carbocycles. The Bertz CT molecular complexity index is 585.